The van der Waals surface area contributed by atoms with E-state index >= 15 is 0 Å². The van der Waals surface area contributed by atoms with Gasteiger partial charge in [-0.25, -0.2) is 0 Å². The van der Waals surface area contributed by atoms with Gasteiger partial charge in [0.25, 0.3) is 5.91 Å². The number of rotatable bonds is 9. The molecule has 0 fully saturated rings. The van der Waals surface area contributed by atoms with Crippen molar-refractivity contribution in [2.75, 3.05) is 24.0 Å². The van der Waals surface area contributed by atoms with Crippen LogP contribution in [0, 0.1) is 0 Å². The monoisotopic (exact) mass is 282 g/mol. The molecule has 1 amide bonds. The highest BCUT2D eigenvalue weighted by atomic mass is 32.2. The summed E-state index contributed by atoms with van der Waals surface area (Å²) in [6.07, 6.45) is 8.32. The lowest BCUT2D eigenvalue weighted by Crippen LogP contribution is -2.25. The number of nitrogen functional groups attached to an aromatic ring is 1. The summed E-state index contributed by atoms with van der Waals surface area (Å²) in [6, 6.07) is 3.34. The fourth-order valence-corrected chi connectivity index (χ4v) is 2.15. The summed E-state index contributed by atoms with van der Waals surface area (Å²) in [5.74, 6) is 6.35. The van der Waals surface area contributed by atoms with E-state index < -0.39 is 0 Å². The molecule has 6 heteroatoms. The van der Waals surface area contributed by atoms with Crippen LogP contribution in [0.25, 0.3) is 0 Å². The number of nitrogens with one attached hydrogen (secondary N) is 2. The Morgan fingerprint density at radius 1 is 1.37 bits per heavy atom. The molecule has 1 rings (SSSR count). The summed E-state index contributed by atoms with van der Waals surface area (Å²) in [5.41, 5.74) is 3.56. The van der Waals surface area contributed by atoms with Crippen LogP contribution in [0.15, 0.2) is 18.3 Å². The second-order valence-electron chi connectivity index (χ2n) is 4.24. The molecule has 0 unspecified atom stereocenters. The van der Waals surface area contributed by atoms with Crippen molar-refractivity contribution >= 4 is 23.4 Å². The molecule has 0 atom stereocenters. The largest absolute Gasteiger partial charge is 0.351 e. The number of aromatic nitrogens is 1. The highest BCUT2D eigenvalue weighted by Gasteiger charge is 2.06. The van der Waals surface area contributed by atoms with Crippen LogP contribution in [-0.4, -0.2) is 29.4 Å². The Labute approximate surface area is 118 Å². The Kier molecular flexibility index (Phi) is 8.00. The number of amides is 1. The van der Waals surface area contributed by atoms with Crippen molar-refractivity contribution in [3.8, 4) is 0 Å². The first kappa shape index (κ1) is 15.8. The first-order valence-corrected chi connectivity index (χ1v) is 7.87. The third-order valence-electron chi connectivity index (χ3n) is 2.72. The normalized spacial score (nSPS) is 10.2. The van der Waals surface area contributed by atoms with Gasteiger partial charge < -0.3 is 10.7 Å². The van der Waals surface area contributed by atoms with Crippen molar-refractivity contribution in [3.05, 3.63) is 24.0 Å². The molecule has 0 bridgehead atoms. The average molecular weight is 282 g/mol. The van der Waals surface area contributed by atoms with Crippen molar-refractivity contribution in [3.63, 3.8) is 0 Å². The molecule has 0 saturated heterocycles. The second-order valence-corrected chi connectivity index (χ2v) is 5.22. The lowest BCUT2D eigenvalue weighted by atomic mass is 10.2. The van der Waals surface area contributed by atoms with Gasteiger partial charge in [0.05, 0.1) is 5.69 Å². The molecule has 19 heavy (non-hydrogen) atoms. The van der Waals surface area contributed by atoms with Gasteiger partial charge in [-0.05, 0) is 37.0 Å². The summed E-state index contributed by atoms with van der Waals surface area (Å²) >= 11 is 1.88. The molecule has 1 aromatic rings. The van der Waals surface area contributed by atoms with Crippen molar-refractivity contribution in [2.45, 2.75) is 25.7 Å². The zero-order chi connectivity index (χ0) is 13.9. The minimum absolute atomic E-state index is 0.152. The fraction of sp³-hybridized carbons (Fsp3) is 0.538. The molecule has 0 radical (unpaired) electrons. The van der Waals surface area contributed by atoms with Gasteiger partial charge in [0.1, 0.15) is 5.69 Å². The topological polar surface area (TPSA) is 80.0 Å². The minimum atomic E-state index is -0.152. The summed E-state index contributed by atoms with van der Waals surface area (Å²) in [7, 11) is 0. The third kappa shape index (κ3) is 6.45. The predicted molar refractivity (Wildman–Crippen MR) is 81.2 cm³/mol. The molecular weight excluding hydrogens is 260 g/mol. The van der Waals surface area contributed by atoms with Crippen LogP contribution in [0.1, 0.15) is 36.2 Å². The highest BCUT2D eigenvalue weighted by Crippen LogP contribution is 2.06. The second kappa shape index (κ2) is 9.63. The molecule has 1 heterocycles. The number of hydrogen-bond donors (Lipinski definition) is 3. The van der Waals surface area contributed by atoms with Crippen LogP contribution in [-0.2, 0) is 0 Å². The van der Waals surface area contributed by atoms with E-state index in [4.69, 9.17) is 5.84 Å². The minimum Gasteiger partial charge on any atom is -0.351 e. The number of thioether (sulfide) groups is 1. The zero-order valence-electron chi connectivity index (χ0n) is 11.3. The molecule has 0 aliphatic heterocycles. The summed E-state index contributed by atoms with van der Waals surface area (Å²) in [6.45, 7) is 0.695. The van der Waals surface area contributed by atoms with E-state index in [2.05, 4.69) is 22.0 Å². The van der Waals surface area contributed by atoms with Gasteiger partial charge in [0.2, 0.25) is 0 Å². The summed E-state index contributed by atoms with van der Waals surface area (Å²) in [5, 5.41) is 2.87. The number of anilines is 1. The number of unbranched alkanes of at least 4 members (excludes halogenated alkanes) is 3. The van der Waals surface area contributed by atoms with Gasteiger partial charge in [0.15, 0.2) is 0 Å². The van der Waals surface area contributed by atoms with Gasteiger partial charge in [-0.15, -0.1) is 0 Å². The third-order valence-corrected chi connectivity index (χ3v) is 3.42. The molecule has 1 aromatic heterocycles. The van der Waals surface area contributed by atoms with E-state index in [0.29, 0.717) is 17.9 Å². The summed E-state index contributed by atoms with van der Waals surface area (Å²) < 4.78 is 0. The smallest absolute Gasteiger partial charge is 0.269 e. The van der Waals surface area contributed by atoms with Crippen molar-refractivity contribution in [2.24, 2.45) is 5.84 Å². The van der Waals surface area contributed by atoms with Crippen LogP contribution in [0.2, 0.25) is 0 Å². The van der Waals surface area contributed by atoms with E-state index in [1.54, 1.807) is 18.3 Å². The van der Waals surface area contributed by atoms with Crippen molar-refractivity contribution < 1.29 is 4.79 Å². The predicted octanol–water partition coefficient (Wildman–Crippen LogP) is 2.02. The lowest BCUT2D eigenvalue weighted by Gasteiger charge is -2.06. The highest BCUT2D eigenvalue weighted by molar-refractivity contribution is 7.98. The molecular formula is C13H22N4OS. The quantitative estimate of drug-likeness (QED) is 0.367. The molecule has 4 N–H and O–H groups in total. The molecule has 0 aromatic carbocycles. The van der Waals surface area contributed by atoms with Gasteiger partial charge in [0, 0.05) is 12.7 Å². The maximum absolute atomic E-state index is 11.8. The number of carbonyl (C=O) groups is 1. The number of nitrogens with two attached hydrogens (primary N) is 1. The molecule has 106 valence electrons. The van der Waals surface area contributed by atoms with Crippen molar-refractivity contribution in [1.29, 1.82) is 0 Å². The first-order chi connectivity index (χ1) is 9.27. The van der Waals surface area contributed by atoms with Crippen LogP contribution < -0.4 is 16.6 Å². The number of nitrogens with zero attached hydrogens (tertiary/aromatic N) is 1. The van der Waals surface area contributed by atoms with Gasteiger partial charge in [-0.2, -0.15) is 11.8 Å². The standard InChI is InChI=1S/C13H22N4OS/c1-19-9-5-3-2-4-7-16-13(18)12-10-11(17-14)6-8-15-12/h6,8,10H,2-5,7,9,14H2,1H3,(H,15,17)(H,16,18). The Hall–Kier alpha value is -1.27. The van der Waals surface area contributed by atoms with Crippen LogP contribution in [0.4, 0.5) is 5.69 Å². The van der Waals surface area contributed by atoms with Crippen molar-refractivity contribution in [1.82, 2.24) is 10.3 Å². The molecule has 0 spiro atoms. The fourth-order valence-electron chi connectivity index (χ4n) is 1.66. The first-order valence-electron chi connectivity index (χ1n) is 6.47. The zero-order valence-corrected chi connectivity index (χ0v) is 12.1. The van der Waals surface area contributed by atoms with Crippen LogP contribution >= 0.6 is 11.8 Å². The lowest BCUT2D eigenvalue weighted by molar-refractivity contribution is 0.0948. The van der Waals surface area contributed by atoms with Crippen LogP contribution in [0.3, 0.4) is 0 Å². The SMILES string of the molecule is CSCCCCCCNC(=O)c1cc(NN)ccn1. The Balaban J connectivity index is 2.20. The Morgan fingerprint density at radius 2 is 2.16 bits per heavy atom. The molecule has 0 aliphatic rings. The Morgan fingerprint density at radius 3 is 2.89 bits per heavy atom. The maximum Gasteiger partial charge on any atom is 0.269 e. The van der Waals surface area contributed by atoms with E-state index in [1.807, 2.05) is 11.8 Å². The van der Waals surface area contributed by atoms with E-state index in [-0.39, 0.29) is 5.91 Å². The molecule has 5 nitrogen and oxygen atoms in total. The van der Waals surface area contributed by atoms with Gasteiger partial charge >= 0.3 is 0 Å². The van der Waals surface area contributed by atoms with Crippen LogP contribution in [0.5, 0.6) is 0 Å². The molecule has 0 saturated carbocycles. The number of hydrogen-bond acceptors (Lipinski definition) is 5. The number of pyridine rings is 1. The molecule has 0 aliphatic carbocycles. The number of hydrazine groups is 1. The van der Waals surface area contributed by atoms with E-state index in [0.717, 1.165) is 12.8 Å². The maximum atomic E-state index is 11.8. The van der Waals surface area contributed by atoms with E-state index in [1.165, 1.54) is 18.6 Å². The van der Waals surface area contributed by atoms with Gasteiger partial charge in [-0.1, -0.05) is 12.8 Å². The summed E-state index contributed by atoms with van der Waals surface area (Å²) in [4.78, 5) is 15.8. The average Bonchev–Trinajstić information content (AvgIpc) is 2.46. The number of carbonyl (C=O) groups excluding carboxylic acids is 1. The Bertz CT molecular complexity index is 387. The van der Waals surface area contributed by atoms with E-state index in [9.17, 15) is 4.79 Å². The van der Waals surface area contributed by atoms with Gasteiger partial charge in [-0.3, -0.25) is 15.6 Å².